The minimum atomic E-state index is -0.320. The minimum absolute atomic E-state index is 0.320. The van der Waals surface area contributed by atoms with Gasteiger partial charge in [-0.3, -0.25) is 0 Å². The first-order valence-corrected chi connectivity index (χ1v) is 15.1. The minimum Gasteiger partial charge on any atom is -0.456 e. The molecule has 2 aliphatic carbocycles. The van der Waals surface area contributed by atoms with Gasteiger partial charge in [-0.25, -0.2) is 0 Å². The van der Waals surface area contributed by atoms with Crippen LogP contribution in [-0.2, 0) is 11.8 Å². The van der Waals surface area contributed by atoms with Crippen molar-refractivity contribution in [3.63, 3.8) is 0 Å². The first kappa shape index (κ1) is 23.2. The highest BCUT2D eigenvalue weighted by molar-refractivity contribution is 6.19. The monoisotopic (exact) mass is 546 g/mol. The summed E-state index contributed by atoms with van der Waals surface area (Å²) in [4.78, 5) is 0. The summed E-state index contributed by atoms with van der Waals surface area (Å²) in [7, 11) is 0. The third-order valence-electron chi connectivity index (χ3n) is 9.92. The van der Waals surface area contributed by atoms with Crippen molar-refractivity contribution in [3.05, 3.63) is 179 Å². The fourth-order valence-corrected chi connectivity index (χ4v) is 8.24. The summed E-state index contributed by atoms with van der Waals surface area (Å²) in [6.07, 6.45) is 0.804. The Hall–Kier alpha value is -5.40. The molecule has 0 unspecified atom stereocenters. The molecule has 1 heterocycles. The molecule has 0 bridgehead atoms. The van der Waals surface area contributed by atoms with Gasteiger partial charge in [0.25, 0.3) is 0 Å². The number of rotatable bonds is 2. The molecular weight excluding hydrogens is 520 g/mol. The van der Waals surface area contributed by atoms with Crippen LogP contribution >= 0.6 is 0 Å². The first-order valence-electron chi connectivity index (χ1n) is 15.1. The van der Waals surface area contributed by atoms with Gasteiger partial charge < -0.3 is 4.42 Å². The van der Waals surface area contributed by atoms with E-state index in [1.54, 1.807) is 0 Å². The molecule has 0 atom stereocenters. The highest BCUT2D eigenvalue weighted by atomic mass is 16.3. The highest BCUT2D eigenvalue weighted by Gasteiger charge is 2.51. The summed E-state index contributed by atoms with van der Waals surface area (Å²) in [6.45, 7) is 0. The lowest BCUT2D eigenvalue weighted by atomic mass is 9.70. The van der Waals surface area contributed by atoms with Crippen LogP contribution in [0.15, 0.2) is 150 Å². The van der Waals surface area contributed by atoms with Crippen LogP contribution in [0, 0.1) is 0 Å². The zero-order chi connectivity index (χ0) is 28.1. The first-order chi connectivity index (χ1) is 21.3. The Balaban J connectivity index is 1.20. The maximum absolute atomic E-state index is 6.59. The number of fused-ring (bicyclic) bond motifs is 15. The van der Waals surface area contributed by atoms with E-state index in [-0.39, 0.29) is 5.41 Å². The SMILES string of the molecule is c1ccc2c(c1)-c1ccccc1C21c2ccccc2-c2ccc(Cc3cccc4c3oc3ccc5ccccc5c34)cc21. The van der Waals surface area contributed by atoms with E-state index in [0.29, 0.717) is 0 Å². The van der Waals surface area contributed by atoms with Gasteiger partial charge in [0, 0.05) is 17.2 Å². The van der Waals surface area contributed by atoms with Crippen molar-refractivity contribution in [1.82, 2.24) is 0 Å². The van der Waals surface area contributed by atoms with Crippen molar-refractivity contribution in [2.24, 2.45) is 0 Å². The topological polar surface area (TPSA) is 13.1 Å². The fraction of sp³-hybridized carbons (Fsp3) is 0.0476. The van der Waals surface area contributed by atoms with Crippen LogP contribution in [0.5, 0.6) is 0 Å². The van der Waals surface area contributed by atoms with Crippen molar-refractivity contribution < 1.29 is 4.42 Å². The molecule has 7 aromatic carbocycles. The third-order valence-corrected chi connectivity index (χ3v) is 9.92. The standard InChI is InChI=1S/C42H26O/c1-2-12-29-27(10-1)21-23-39-40(29)34-16-9-11-28(41(34)43-39)24-26-20-22-33-32-15-5-8-19-37(32)42(38(33)25-26)35-17-6-3-13-30(35)31-14-4-7-18-36(31)42/h1-23,25H,24H2. The summed E-state index contributed by atoms with van der Waals surface area (Å²) in [5.74, 6) is 0. The summed E-state index contributed by atoms with van der Waals surface area (Å²) in [6, 6.07) is 53.6. The molecule has 1 spiro atoms. The van der Waals surface area contributed by atoms with E-state index in [1.807, 2.05) is 0 Å². The van der Waals surface area contributed by atoms with Crippen LogP contribution < -0.4 is 0 Å². The fourth-order valence-electron chi connectivity index (χ4n) is 8.24. The molecule has 0 N–H and O–H groups in total. The van der Waals surface area contributed by atoms with E-state index in [2.05, 4.69) is 146 Å². The summed E-state index contributed by atoms with van der Waals surface area (Å²) < 4.78 is 6.59. The molecule has 0 saturated carbocycles. The Labute approximate surface area is 249 Å². The van der Waals surface area contributed by atoms with Gasteiger partial charge in [0.15, 0.2) is 0 Å². The quantitative estimate of drug-likeness (QED) is 0.210. The van der Waals surface area contributed by atoms with Crippen LogP contribution in [0.25, 0.3) is 55.0 Å². The lowest BCUT2D eigenvalue weighted by molar-refractivity contribution is 0.664. The Morgan fingerprint density at radius 2 is 1.07 bits per heavy atom. The lowest BCUT2D eigenvalue weighted by Gasteiger charge is -2.30. The van der Waals surface area contributed by atoms with Crippen molar-refractivity contribution in [2.45, 2.75) is 11.8 Å². The van der Waals surface area contributed by atoms with Gasteiger partial charge in [-0.15, -0.1) is 0 Å². The summed E-state index contributed by atoms with van der Waals surface area (Å²) in [5.41, 5.74) is 15.0. The molecule has 1 aromatic heterocycles. The molecule has 0 radical (unpaired) electrons. The lowest BCUT2D eigenvalue weighted by Crippen LogP contribution is -2.26. The van der Waals surface area contributed by atoms with Gasteiger partial charge in [-0.1, -0.05) is 140 Å². The molecular formula is C42H26O. The van der Waals surface area contributed by atoms with Crippen LogP contribution in [0.2, 0.25) is 0 Å². The molecule has 0 saturated heterocycles. The zero-order valence-corrected chi connectivity index (χ0v) is 23.5. The average molecular weight is 547 g/mol. The molecule has 200 valence electrons. The van der Waals surface area contributed by atoms with Gasteiger partial charge in [0.05, 0.1) is 5.41 Å². The molecule has 1 heteroatoms. The number of hydrogen-bond donors (Lipinski definition) is 0. The predicted molar refractivity (Wildman–Crippen MR) is 177 cm³/mol. The largest absolute Gasteiger partial charge is 0.456 e. The average Bonchev–Trinajstić information content (AvgIpc) is 3.70. The molecule has 43 heavy (non-hydrogen) atoms. The second-order valence-corrected chi connectivity index (χ2v) is 12.0. The van der Waals surface area contributed by atoms with Crippen LogP contribution in [0.1, 0.15) is 33.4 Å². The van der Waals surface area contributed by atoms with Crippen molar-refractivity contribution in [3.8, 4) is 22.3 Å². The van der Waals surface area contributed by atoms with Gasteiger partial charge in [0.2, 0.25) is 0 Å². The summed E-state index contributed by atoms with van der Waals surface area (Å²) >= 11 is 0. The molecule has 1 nitrogen and oxygen atoms in total. The molecule has 8 aromatic rings. The zero-order valence-electron chi connectivity index (χ0n) is 23.5. The maximum atomic E-state index is 6.59. The molecule has 0 aliphatic heterocycles. The van der Waals surface area contributed by atoms with Crippen molar-refractivity contribution >= 4 is 32.7 Å². The maximum Gasteiger partial charge on any atom is 0.138 e. The van der Waals surface area contributed by atoms with Crippen LogP contribution in [-0.4, -0.2) is 0 Å². The molecule has 2 aliphatic rings. The van der Waals surface area contributed by atoms with E-state index < -0.39 is 0 Å². The third kappa shape index (κ3) is 2.92. The Bertz CT molecular complexity index is 2380. The van der Waals surface area contributed by atoms with Crippen molar-refractivity contribution in [1.29, 1.82) is 0 Å². The number of benzene rings is 7. The Morgan fingerprint density at radius 1 is 0.465 bits per heavy atom. The molecule has 0 fully saturated rings. The van der Waals surface area contributed by atoms with Gasteiger partial charge in [0.1, 0.15) is 11.2 Å². The second-order valence-electron chi connectivity index (χ2n) is 12.0. The number of furan rings is 1. The second kappa shape index (κ2) is 8.33. The molecule has 0 amide bonds. The number of hydrogen-bond acceptors (Lipinski definition) is 1. The normalized spacial score (nSPS) is 13.9. The van der Waals surface area contributed by atoms with E-state index in [9.17, 15) is 0 Å². The van der Waals surface area contributed by atoms with Gasteiger partial charge in [-0.2, -0.15) is 0 Å². The van der Waals surface area contributed by atoms with E-state index in [0.717, 1.165) is 17.6 Å². The molecule has 10 rings (SSSR count). The smallest absolute Gasteiger partial charge is 0.138 e. The van der Waals surface area contributed by atoms with Gasteiger partial charge >= 0.3 is 0 Å². The predicted octanol–water partition coefficient (Wildman–Crippen LogP) is 10.7. The van der Waals surface area contributed by atoms with E-state index in [1.165, 1.54) is 77.2 Å². The van der Waals surface area contributed by atoms with Gasteiger partial charge in [-0.05, 0) is 72.5 Å². The number of para-hydroxylation sites is 1. The van der Waals surface area contributed by atoms with E-state index in [4.69, 9.17) is 4.42 Å². The Kier molecular flexibility index (Phi) is 4.50. The summed E-state index contributed by atoms with van der Waals surface area (Å²) in [5, 5.41) is 4.88. The Morgan fingerprint density at radius 3 is 1.79 bits per heavy atom. The van der Waals surface area contributed by atoms with Crippen molar-refractivity contribution in [2.75, 3.05) is 0 Å². The van der Waals surface area contributed by atoms with Crippen LogP contribution in [0.4, 0.5) is 0 Å². The highest BCUT2D eigenvalue weighted by Crippen LogP contribution is 2.62. The van der Waals surface area contributed by atoms with Crippen LogP contribution in [0.3, 0.4) is 0 Å². The van der Waals surface area contributed by atoms with E-state index >= 15 is 0 Å².